The summed E-state index contributed by atoms with van der Waals surface area (Å²) in [5.74, 6) is -0.571. The summed E-state index contributed by atoms with van der Waals surface area (Å²) in [6.45, 7) is 5.10. The van der Waals surface area contributed by atoms with E-state index in [1.807, 2.05) is 0 Å². The molecular weight excluding hydrogens is 407 g/mol. The predicted molar refractivity (Wildman–Crippen MR) is 102 cm³/mol. The average molecular weight is 429 g/mol. The van der Waals surface area contributed by atoms with Crippen molar-refractivity contribution in [2.24, 2.45) is 5.92 Å². The summed E-state index contributed by atoms with van der Waals surface area (Å²) < 4.78 is 44.6. The Bertz CT molecular complexity index is 933. The van der Waals surface area contributed by atoms with Gasteiger partial charge in [0.05, 0.1) is 12.2 Å². The minimum absolute atomic E-state index is 0.208. The molecule has 2 heterocycles. The van der Waals surface area contributed by atoms with Gasteiger partial charge in [-0.15, -0.1) is 11.3 Å². The molecule has 0 radical (unpaired) electrons. The fourth-order valence-corrected chi connectivity index (χ4v) is 4.78. The summed E-state index contributed by atoms with van der Waals surface area (Å²) in [7, 11) is 0. The van der Waals surface area contributed by atoms with Crippen molar-refractivity contribution in [3.05, 3.63) is 33.5 Å². The van der Waals surface area contributed by atoms with E-state index in [2.05, 4.69) is 17.3 Å². The number of amides is 1. The number of aryl methyl sites for hydroxylation is 1. The van der Waals surface area contributed by atoms with E-state index in [0.29, 0.717) is 16.5 Å². The molecule has 0 aliphatic heterocycles. The van der Waals surface area contributed by atoms with E-state index in [1.54, 1.807) is 6.92 Å². The quantitative estimate of drug-likeness (QED) is 0.723. The van der Waals surface area contributed by atoms with Gasteiger partial charge in [0.25, 0.3) is 0 Å². The summed E-state index contributed by atoms with van der Waals surface area (Å²) in [4.78, 5) is 26.0. The van der Waals surface area contributed by atoms with Gasteiger partial charge in [-0.25, -0.2) is 4.79 Å². The van der Waals surface area contributed by atoms with Gasteiger partial charge in [0.2, 0.25) is 5.91 Å². The number of halogens is 3. The van der Waals surface area contributed by atoms with Crippen LogP contribution in [-0.2, 0) is 35.1 Å². The molecule has 0 fully saturated rings. The maximum atomic E-state index is 12.8. The van der Waals surface area contributed by atoms with Crippen LogP contribution in [0.3, 0.4) is 0 Å². The van der Waals surface area contributed by atoms with Gasteiger partial charge in [-0.2, -0.15) is 18.3 Å². The number of nitrogens with zero attached hydrogens (tertiary/aromatic N) is 2. The lowest BCUT2D eigenvalue weighted by molar-refractivity contribution is -0.141. The molecule has 158 valence electrons. The maximum absolute atomic E-state index is 12.8. The van der Waals surface area contributed by atoms with Crippen LogP contribution in [0.15, 0.2) is 6.07 Å². The Labute approximate surface area is 170 Å². The molecule has 2 aromatic rings. The number of fused-ring (bicyclic) bond motifs is 1. The topological polar surface area (TPSA) is 73.2 Å². The molecular formula is C19H22F3N3O3S. The van der Waals surface area contributed by atoms with Crippen LogP contribution in [0, 0.1) is 12.8 Å². The number of ether oxygens (including phenoxy) is 1. The number of alkyl halides is 3. The van der Waals surface area contributed by atoms with Crippen molar-refractivity contribution in [3.63, 3.8) is 0 Å². The Hall–Kier alpha value is -2.36. The normalized spacial score (nSPS) is 16.4. The molecule has 0 saturated carbocycles. The van der Waals surface area contributed by atoms with Crippen molar-refractivity contribution in [2.75, 3.05) is 11.9 Å². The number of hydrogen-bond donors (Lipinski definition) is 1. The molecule has 2 aromatic heterocycles. The number of aromatic nitrogens is 2. The zero-order valence-electron chi connectivity index (χ0n) is 16.4. The highest BCUT2D eigenvalue weighted by Crippen LogP contribution is 2.40. The van der Waals surface area contributed by atoms with Gasteiger partial charge < -0.3 is 10.1 Å². The smallest absolute Gasteiger partial charge is 0.435 e. The number of carbonyl (C=O) groups excluding carboxylic acids is 2. The third-order valence-corrected chi connectivity index (χ3v) is 5.98. The molecule has 1 unspecified atom stereocenters. The lowest BCUT2D eigenvalue weighted by Crippen LogP contribution is -2.22. The number of hydrogen-bond acceptors (Lipinski definition) is 5. The first-order valence-electron chi connectivity index (χ1n) is 9.33. The molecule has 0 saturated heterocycles. The van der Waals surface area contributed by atoms with Crippen LogP contribution in [-0.4, -0.2) is 28.3 Å². The summed E-state index contributed by atoms with van der Waals surface area (Å²) in [6.07, 6.45) is -2.09. The van der Waals surface area contributed by atoms with E-state index in [0.717, 1.165) is 40.5 Å². The molecule has 1 aliphatic rings. The Morgan fingerprint density at radius 2 is 2.14 bits per heavy atom. The van der Waals surface area contributed by atoms with Crippen molar-refractivity contribution in [1.82, 2.24) is 9.78 Å². The molecule has 10 heteroatoms. The lowest BCUT2D eigenvalue weighted by atomic mass is 9.88. The Kier molecular flexibility index (Phi) is 6.02. The summed E-state index contributed by atoms with van der Waals surface area (Å²) >= 11 is 1.33. The van der Waals surface area contributed by atoms with E-state index in [9.17, 15) is 22.8 Å². The highest BCUT2D eigenvalue weighted by atomic mass is 32.1. The number of esters is 1. The molecule has 0 aromatic carbocycles. The van der Waals surface area contributed by atoms with Crippen molar-refractivity contribution >= 4 is 28.2 Å². The Morgan fingerprint density at radius 3 is 2.76 bits per heavy atom. The Balaban J connectivity index is 1.83. The highest BCUT2D eigenvalue weighted by molar-refractivity contribution is 7.17. The molecule has 1 atom stereocenters. The number of thiophene rings is 1. The van der Waals surface area contributed by atoms with E-state index < -0.39 is 23.7 Å². The number of rotatable bonds is 5. The van der Waals surface area contributed by atoms with Gasteiger partial charge in [0, 0.05) is 10.6 Å². The predicted octanol–water partition coefficient (Wildman–Crippen LogP) is 4.21. The average Bonchev–Trinajstić information content (AvgIpc) is 3.14. The molecule has 1 amide bonds. The SMILES string of the molecule is CCOC(=O)c1c(NC(=O)Cn2nc(C(F)(F)F)cc2C)sc2c1CCC(C)C2. The van der Waals surface area contributed by atoms with Crippen LogP contribution in [0.25, 0.3) is 0 Å². The minimum atomic E-state index is -4.58. The van der Waals surface area contributed by atoms with Gasteiger partial charge in [-0.3, -0.25) is 9.48 Å². The van der Waals surface area contributed by atoms with Crippen LogP contribution >= 0.6 is 11.3 Å². The molecule has 1 N–H and O–H groups in total. The van der Waals surface area contributed by atoms with Gasteiger partial charge in [0.15, 0.2) is 5.69 Å². The summed E-state index contributed by atoms with van der Waals surface area (Å²) in [5, 5.41) is 6.53. The second kappa shape index (κ2) is 8.17. The highest BCUT2D eigenvalue weighted by Gasteiger charge is 2.35. The zero-order valence-corrected chi connectivity index (χ0v) is 17.2. The van der Waals surface area contributed by atoms with Crippen molar-refractivity contribution in [1.29, 1.82) is 0 Å². The first-order valence-corrected chi connectivity index (χ1v) is 10.1. The molecule has 0 bridgehead atoms. The van der Waals surface area contributed by atoms with Crippen LogP contribution in [0.1, 0.15) is 52.5 Å². The van der Waals surface area contributed by atoms with Gasteiger partial charge in [0.1, 0.15) is 11.5 Å². The standard InChI is InChI=1S/C19H22F3N3O3S/c1-4-28-18(27)16-12-6-5-10(2)7-13(12)29-17(16)23-15(26)9-25-11(3)8-14(24-25)19(20,21)22/h8,10H,4-7,9H2,1-3H3,(H,23,26). The first kappa shape index (κ1) is 21.4. The van der Waals surface area contributed by atoms with Crippen LogP contribution in [0.4, 0.5) is 18.2 Å². The first-order chi connectivity index (χ1) is 13.6. The second-order valence-corrected chi connectivity index (χ2v) is 8.26. The third kappa shape index (κ3) is 4.63. The minimum Gasteiger partial charge on any atom is -0.462 e. The maximum Gasteiger partial charge on any atom is 0.435 e. The largest absolute Gasteiger partial charge is 0.462 e. The van der Waals surface area contributed by atoms with Gasteiger partial charge in [-0.1, -0.05) is 6.92 Å². The molecule has 29 heavy (non-hydrogen) atoms. The molecule has 3 rings (SSSR count). The number of nitrogens with one attached hydrogen (secondary N) is 1. The van der Waals surface area contributed by atoms with E-state index >= 15 is 0 Å². The third-order valence-electron chi connectivity index (χ3n) is 4.81. The fourth-order valence-electron chi connectivity index (χ4n) is 3.37. The zero-order chi connectivity index (χ0) is 21.3. The van der Waals surface area contributed by atoms with Crippen LogP contribution in [0.5, 0.6) is 0 Å². The number of anilines is 1. The second-order valence-electron chi connectivity index (χ2n) is 7.15. The van der Waals surface area contributed by atoms with E-state index in [-0.39, 0.29) is 18.8 Å². The van der Waals surface area contributed by atoms with Crippen molar-refractivity contribution in [3.8, 4) is 0 Å². The summed E-state index contributed by atoms with van der Waals surface area (Å²) in [5.41, 5.74) is 0.435. The molecule has 1 aliphatic carbocycles. The summed E-state index contributed by atoms with van der Waals surface area (Å²) in [6, 6.07) is 0.891. The van der Waals surface area contributed by atoms with Crippen LogP contribution in [0.2, 0.25) is 0 Å². The molecule has 6 nitrogen and oxygen atoms in total. The monoisotopic (exact) mass is 429 g/mol. The van der Waals surface area contributed by atoms with E-state index in [1.165, 1.54) is 18.3 Å². The molecule has 0 spiro atoms. The van der Waals surface area contributed by atoms with Crippen molar-refractivity contribution in [2.45, 2.75) is 52.8 Å². The van der Waals surface area contributed by atoms with Crippen LogP contribution < -0.4 is 5.32 Å². The Morgan fingerprint density at radius 1 is 1.41 bits per heavy atom. The van der Waals surface area contributed by atoms with Crippen molar-refractivity contribution < 1.29 is 27.5 Å². The number of carbonyl (C=O) groups is 2. The van der Waals surface area contributed by atoms with E-state index in [4.69, 9.17) is 4.74 Å². The fraction of sp³-hybridized carbons (Fsp3) is 0.526. The lowest BCUT2D eigenvalue weighted by Gasteiger charge is -2.18. The van der Waals surface area contributed by atoms with Gasteiger partial charge in [-0.05, 0) is 50.7 Å². The van der Waals surface area contributed by atoms with Gasteiger partial charge >= 0.3 is 12.1 Å².